The number of unbranched alkanes of at least 4 members (excludes halogenated alkanes) is 1. The molecule has 0 aliphatic carbocycles. The molecule has 0 saturated heterocycles. The van der Waals surface area contributed by atoms with Gasteiger partial charge in [-0.2, -0.15) is 0 Å². The van der Waals surface area contributed by atoms with Crippen LogP contribution in [0.25, 0.3) is 6.08 Å². The molecule has 1 heteroatoms. The third-order valence-electron chi connectivity index (χ3n) is 3.16. The molecule has 1 N–H and O–H groups in total. The van der Waals surface area contributed by atoms with E-state index in [0.29, 0.717) is 0 Å². The van der Waals surface area contributed by atoms with Crippen LogP contribution in [0.3, 0.4) is 0 Å². The molecular formula is C15H23N. The molecule has 0 aliphatic rings. The van der Waals surface area contributed by atoms with Crippen LogP contribution in [0.5, 0.6) is 0 Å². The van der Waals surface area contributed by atoms with E-state index in [1.165, 1.54) is 41.5 Å². The molecule has 0 radical (unpaired) electrons. The van der Waals surface area contributed by atoms with E-state index in [4.69, 9.17) is 0 Å². The summed E-state index contributed by atoms with van der Waals surface area (Å²) < 4.78 is 0. The van der Waals surface area contributed by atoms with Gasteiger partial charge in [-0.05, 0) is 69.0 Å². The first-order chi connectivity index (χ1) is 7.69. The summed E-state index contributed by atoms with van der Waals surface area (Å²) in [7, 11) is 2.01. The normalized spacial score (nSPS) is 10.4. The van der Waals surface area contributed by atoms with Gasteiger partial charge in [0.15, 0.2) is 0 Å². The van der Waals surface area contributed by atoms with Gasteiger partial charge in [0, 0.05) is 0 Å². The molecule has 0 saturated carbocycles. The van der Waals surface area contributed by atoms with Gasteiger partial charge in [-0.1, -0.05) is 24.8 Å². The van der Waals surface area contributed by atoms with Gasteiger partial charge >= 0.3 is 0 Å². The van der Waals surface area contributed by atoms with Gasteiger partial charge < -0.3 is 5.32 Å². The van der Waals surface area contributed by atoms with E-state index >= 15 is 0 Å². The van der Waals surface area contributed by atoms with Crippen molar-refractivity contribution in [1.82, 2.24) is 5.32 Å². The van der Waals surface area contributed by atoms with Gasteiger partial charge in [-0.3, -0.25) is 0 Å². The Morgan fingerprint density at radius 3 is 2.62 bits per heavy atom. The Hall–Kier alpha value is -1.08. The van der Waals surface area contributed by atoms with Gasteiger partial charge in [0.2, 0.25) is 0 Å². The number of aryl methyl sites for hydroxylation is 2. The molecule has 0 fully saturated rings. The van der Waals surface area contributed by atoms with Gasteiger partial charge in [0.1, 0.15) is 0 Å². The highest BCUT2D eigenvalue weighted by molar-refractivity contribution is 5.52. The minimum atomic E-state index is 1.11. The lowest BCUT2D eigenvalue weighted by Crippen LogP contribution is -2.07. The first kappa shape index (κ1) is 13.0. The van der Waals surface area contributed by atoms with Crippen LogP contribution in [0.15, 0.2) is 18.7 Å². The van der Waals surface area contributed by atoms with Crippen LogP contribution >= 0.6 is 0 Å². The number of benzene rings is 1. The fourth-order valence-corrected chi connectivity index (χ4v) is 1.96. The summed E-state index contributed by atoms with van der Waals surface area (Å²) >= 11 is 0. The summed E-state index contributed by atoms with van der Waals surface area (Å²) in [5, 5.41) is 3.19. The van der Waals surface area contributed by atoms with Gasteiger partial charge in [-0.15, -0.1) is 0 Å². The van der Waals surface area contributed by atoms with Gasteiger partial charge in [0.05, 0.1) is 0 Å². The van der Waals surface area contributed by atoms with Crippen molar-refractivity contribution in [3.8, 4) is 0 Å². The predicted molar refractivity (Wildman–Crippen MR) is 72.9 cm³/mol. The highest BCUT2D eigenvalue weighted by Crippen LogP contribution is 2.19. The summed E-state index contributed by atoms with van der Waals surface area (Å²) in [4.78, 5) is 0. The monoisotopic (exact) mass is 217 g/mol. The molecule has 0 bridgehead atoms. The number of hydrogen-bond donors (Lipinski definition) is 1. The highest BCUT2D eigenvalue weighted by atomic mass is 14.8. The van der Waals surface area contributed by atoms with Crippen molar-refractivity contribution in [2.45, 2.75) is 33.1 Å². The average molecular weight is 217 g/mol. The first-order valence-electron chi connectivity index (χ1n) is 6.06. The lowest BCUT2D eigenvalue weighted by molar-refractivity contribution is 0.676. The fraction of sp³-hybridized carbons (Fsp3) is 0.467. The Morgan fingerprint density at radius 2 is 2.00 bits per heavy atom. The minimum absolute atomic E-state index is 1.11. The summed E-state index contributed by atoms with van der Waals surface area (Å²) in [6.45, 7) is 9.35. The first-order valence-corrected chi connectivity index (χ1v) is 6.06. The summed E-state index contributed by atoms with van der Waals surface area (Å²) in [6.07, 6.45) is 5.61. The van der Waals surface area contributed by atoms with Crippen molar-refractivity contribution in [1.29, 1.82) is 0 Å². The lowest BCUT2D eigenvalue weighted by atomic mass is 9.96. The zero-order valence-corrected chi connectivity index (χ0v) is 10.8. The molecule has 0 aliphatic heterocycles. The Balaban J connectivity index is 2.70. The van der Waals surface area contributed by atoms with E-state index in [-0.39, 0.29) is 0 Å². The molecule has 16 heavy (non-hydrogen) atoms. The van der Waals surface area contributed by atoms with Gasteiger partial charge in [0.25, 0.3) is 0 Å². The quantitative estimate of drug-likeness (QED) is 0.719. The van der Waals surface area contributed by atoms with E-state index in [1.807, 2.05) is 13.1 Å². The summed E-state index contributed by atoms with van der Waals surface area (Å²) in [5.74, 6) is 0. The fourth-order valence-electron chi connectivity index (χ4n) is 1.96. The number of hydrogen-bond acceptors (Lipinski definition) is 1. The maximum atomic E-state index is 3.84. The number of rotatable bonds is 6. The molecule has 0 spiro atoms. The van der Waals surface area contributed by atoms with Crippen LogP contribution in [0, 0.1) is 13.8 Å². The standard InChI is InChI=1S/C15H23N/c1-5-14-10-12(2)13(3)15(11-14)8-6-7-9-16-4/h5,10-11,16H,1,6-9H2,2-4H3. The third kappa shape index (κ3) is 3.49. The minimum Gasteiger partial charge on any atom is -0.320 e. The second-order valence-corrected chi connectivity index (χ2v) is 4.39. The molecular weight excluding hydrogens is 194 g/mol. The van der Waals surface area contributed by atoms with Crippen molar-refractivity contribution >= 4 is 6.08 Å². The van der Waals surface area contributed by atoms with Crippen molar-refractivity contribution in [3.63, 3.8) is 0 Å². The molecule has 1 rings (SSSR count). The SMILES string of the molecule is C=Cc1cc(C)c(C)c(CCCCNC)c1. The second-order valence-electron chi connectivity index (χ2n) is 4.39. The Labute approximate surface area is 99.6 Å². The smallest absolute Gasteiger partial charge is 0.00518 e. The van der Waals surface area contributed by atoms with E-state index < -0.39 is 0 Å². The molecule has 1 aromatic rings. The van der Waals surface area contributed by atoms with Crippen molar-refractivity contribution < 1.29 is 0 Å². The van der Waals surface area contributed by atoms with Crippen molar-refractivity contribution in [3.05, 3.63) is 41.0 Å². The van der Waals surface area contributed by atoms with E-state index in [0.717, 1.165) is 6.54 Å². The van der Waals surface area contributed by atoms with Crippen LogP contribution in [-0.4, -0.2) is 13.6 Å². The molecule has 0 unspecified atom stereocenters. The Morgan fingerprint density at radius 1 is 1.25 bits per heavy atom. The van der Waals surface area contributed by atoms with E-state index in [2.05, 4.69) is 37.9 Å². The van der Waals surface area contributed by atoms with Crippen LogP contribution in [-0.2, 0) is 6.42 Å². The second kappa shape index (κ2) is 6.49. The van der Waals surface area contributed by atoms with Gasteiger partial charge in [-0.25, -0.2) is 0 Å². The molecule has 0 heterocycles. The molecule has 0 atom stereocenters. The topological polar surface area (TPSA) is 12.0 Å². The van der Waals surface area contributed by atoms with Crippen LogP contribution < -0.4 is 5.32 Å². The van der Waals surface area contributed by atoms with Crippen molar-refractivity contribution in [2.75, 3.05) is 13.6 Å². The maximum Gasteiger partial charge on any atom is -0.00518 e. The molecule has 88 valence electrons. The third-order valence-corrected chi connectivity index (χ3v) is 3.16. The van der Waals surface area contributed by atoms with Crippen molar-refractivity contribution in [2.24, 2.45) is 0 Å². The summed E-state index contributed by atoms with van der Waals surface area (Å²) in [6, 6.07) is 4.48. The highest BCUT2D eigenvalue weighted by Gasteiger charge is 2.02. The molecule has 1 nitrogen and oxygen atoms in total. The Bertz CT molecular complexity index is 353. The maximum absolute atomic E-state index is 3.84. The Kier molecular flexibility index (Phi) is 5.27. The molecule has 0 aromatic heterocycles. The molecule has 1 aromatic carbocycles. The zero-order chi connectivity index (χ0) is 12.0. The predicted octanol–water partition coefficient (Wildman–Crippen LogP) is 3.49. The van der Waals surface area contributed by atoms with Crippen LogP contribution in [0.4, 0.5) is 0 Å². The summed E-state index contributed by atoms with van der Waals surface area (Å²) in [5.41, 5.74) is 5.54. The van der Waals surface area contributed by atoms with E-state index in [9.17, 15) is 0 Å². The van der Waals surface area contributed by atoms with Crippen LogP contribution in [0.1, 0.15) is 35.1 Å². The lowest BCUT2D eigenvalue weighted by Gasteiger charge is -2.10. The van der Waals surface area contributed by atoms with E-state index in [1.54, 1.807) is 0 Å². The zero-order valence-electron chi connectivity index (χ0n) is 10.8. The largest absolute Gasteiger partial charge is 0.320 e. The molecule has 0 amide bonds. The average Bonchev–Trinajstić information content (AvgIpc) is 2.29. The number of nitrogens with one attached hydrogen (secondary N) is 1. The van der Waals surface area contributed by atoms with Crippen LogP contribution in [0.2, 0.25) is 0 Å².